The van der Waals surface area contributed by atoms with E-state index in [-0.39, 0.29) is 11.9 Å². The van der Waals surface area contributed by atoms with E-state index in [1.165, 1.54) is 18.5 Å². The Bertz CT molecular complexity index is 886. The first-order valence-corrected chi connectivity index (χ1v) is 8.10. The Morgan fingerprint density at radius 3 is 2.72 bits per heavy atom. The molecule has 1 fully saturated rings. The predicted molar refractivity (Wildman–Crippen MR) is 89.9 cm³/mol. The normalized spacial score (nSPS) is 22.0. The highest BCUT2D eigenvalue weighted by atomic mass is 35.5. The van der Waals surface area contributed by atoms with Crippen LogP contribution in [-0.4, -0.2) is 21.9 Å². The van der Waals surface area contributed by atoms with Gasteiger partial charge in [0.1, 0.15) is 35.9 Å². The number of hydrogen-bond acceptors (Lipinski definition) is 4. The number of hydrogen-bond donors (Lipinski definition) is 0. The minimum atomic E-state index is -0.667. The zero-order valence-electron chi connectivity index (χ0n) is 13.4. The molecule has 3 aromatic rings. The topological polar surface area (TPSA) is 52.5 Å². The summed E-state index contributed by atoms with van der Waals surface area (Å²) < 4.78 is 26.3. The van der Waals surface area contributed by atoms with Crippen LogP contribution in [0.2, 0.25) is 5.02 Å². The molecule has 0 aliphatic carbocycles. The van der Waals surface area contributed by atoms with Gasteiger partial charge in [-0.1, -0.05) is 29.8 Å². The Morgan fingerprint density at radius 1 is 1.28 bits per heavy atom. The molecule has 2 unspecified atom stereocenters. The summed E-state index contributed by atoms with van der Waals surface area (Å²) in [5, 5.41) is 4.72. The smallest absolute Gasteiger partial charge is 0.144 e. The van der Waals surface area contributed by atoms with Crippen LogP contribution in [0, 0.1) is 5.82 Å². The lowest BCUT2D eigenvalue weighted by molar-refractivity contribution is 0.262. The van der Waals surface area contributed by atoms with Crippen LogP contribution in [0.3, 0.4) is 0 Å². The van der Waals surface area contributed by atoms with E-state index in [4.69, 9.17) is 21.1 Å². The Hall–Kier alpha value is -2.44. The molecule has 2 heterocycles. The molecule has 0 bridgehead atoms. The average Bonchev–Trinajstić information content (AvgIpc) is 3.08. The van der Waals surface area contributed by atoms with E-state index < -0.39 is 5.60 Å². The van der Waals surface area contributed by atoms with Gasteiger partial charge in [0.15, 0.2) is 0 Å². The van der Waals surface area contributed by atoms with Crippen LogP contribution in [-0.2, 0) is 16.9 Å². The summed E-state index contributed by atoms with van der Waals surface area (Å²) in [5.41, 5.74) is 1.05. The van der Waals surface area contributed by atoms with E-state index in [9.17, 15) is 4.39 Å². The lowest BCUT2D eigenvalue weighted by Crippen LogP contribution is -2.19. The minimum Gasteiger partial charge on any atom is -0.497 e. The number of benzene rings is 2. The number of halogens is 2. The molecule has 25 heavy (non-hydrogen) atoms. The van der Waals surface area contributed by atoms with Gasteiger partial charge in [-0.05, 0) is 29.8 Å². The van der Waals surface area contributed by atoms with Gasteiger partial charge >= 0.3 is 0 Å². The van der Waals surface area contributed by atoms with Crippen LogP contribution in [0.25, 0.3) is 0 Å². The number of ether oxygens (including phenoxy) is 2. The molecule has 5 nitrogen and oxygen atoms in total. The van der Waals surface area contributed by atoms with Gasteiger partial charge in [-0.2, -0.15) is 5.10 Å². The Balaban J connectivity index is 1.72. The molecule has 0 radical (unpaired) electrons. The second-order valence-electron chi connectivity index (χ2n) is 5.87. The van der Waals surface area contributed by atoms with Crippen molar-refractivity contribution in [3.05, 3.63) is 77.1 Å². The summed E-state index contributed by atoms with van der Waals surface area (Å²) in [4.78, 5) is 3.97. The van der Waals surface area contributed by atoms with Crippen molar-refractivity contribution >= 4 is 11.6 Å². The van der Waals surface area contributed by atoms with Gasteiger partial charge in [-0.25, -0.2) is 14.1 Å². The standard InChI is InChI=1S/C18H15ClFN3O2/c1-24-14-6-7-15(16(19)8-14)17-18(25-17,9-23-11-21-10-22-23)12-2-4-13(20)5-3-12/h2-8,10-11,17H,9H2,1H3. The second-order valence-corrected chi connectivity index (χ2v) is 6.28. The Labute approximate surface area is 149 Å². The van der Waals surface area contributed by atoms with Crippen molar-refractivity contribution in [2.45, 2.75) is 18.2 Å². The molecule has 1 aliphatic heterocycles. The molecule has 2 aromatic carbocycles. The lowest BCUT2D eigenvalue weighted by Gasteiger charge is -2.14. The van der Waals surface area contributed by atoms with Gasteiger partial charge in [0.05, 0.1) is 18.7 Å². The number of epoxide rings is 1. The highest BCUT2D eigenvalue weighted by Gasteiger charge is 2.59. The zero-order valence-corrected chi connectivity index (χ0v) is 14.2. The van der Waals surface area contributed by atoms with Gasteiger partial charge in [0, 0.05) is 5.56 Å². The van der Waals surface area contributed by atoms with E-state index in [2.05, 4.69) is 10.1 Å². The van der Waals surface area contributed by atoms with E-state index >= 15 is 0 Å². The summed E-state index contributed by atoms with van der Waals surface area (Å²) in [7, 11) is 1.59. The molecular formula is C18H15ClFN3O2. The first-order valence-electron chi connectivity index (χ1n) is 7.72. The van der Waals surface area contributed by atoms with E-state index in [0.29, 0.717) is 17.3 Å². The van der Waals surface area contributed by atoms with Crippen molar-refractivity contribution in [2.75, 3.05) is 7.11 Å². The summed E-state index contributed by atoms with van der Waals surface area (Å²) in [5.74, 6) is 0.386. The van der Waals surface area contributed by atoms with Crippen LogP contribution >= 0.6 is 11.6 Å². The summed E-state index contributed by atoms with van der Waals surface area (Å²) >= 11 is 6.41. The highest BCUT2D eigenvalue weighted by Crippen LogP contribution is 2.59. The fourth-order valence-electron chi connectivity index (χ4n) is 3.06. The maximum atomic E-state index is 13.3. The van der Waals surface area contributed by atoms with Gasteiger partial charge in [0.25, 0.3) is 0 Å². The van der Waals surface area contributed by atoms with Crippen LogP contribution < -0.4 is 4.74 Å². The molecule has 0 spiro atoms. The van der Waals surface area contributed by atoms with Crippen LogP contribution in [0.15, 0.2) is 55.1 Å². The molecule has 0 N–H and O–H groups in total. The predicted octanol–water partition coefficient (Wildman–Crippen LogP) is 3.75. The van der Waals surface area contributed by atoms with Crippen molar-refractivity contribution in [1.82, 2.24) is 14.8 Å². The summed E-state index contributed by atoms with van der Waals surface area (Å²) in [6.45, 7) is 0.450. The third-order valence-electron chi connectivity index (χ3n) is 4.38. The molecule has 1 aromatic heterocycles. The van der Waals surface area contributed by atoms with E-state index in [1.807, 2.05) is 12.1 Å². The summed E-state index contributed by atoms with van der Waals surface area (Å²) in [6.07, 6.45) is 2.83. The molecule has 128 valence electrons. The highest BCUT2D eigenvalue weighted by molar-refractivity contribution is 6.31. The van der Waals surface area contributed by atoms with Gasteiger partial charge in [-0.15, -0.1) is 0 Å². The maximum Gasteiger partial charge on any atom is 0.144 e. The molecule has 0 saturated carbocycles. The Morgan fingerprint density at radius 2 is 2.08 bits per heavy atom. The largest absolute Gasteiger partial charge is 0.497 e. The number of rotatable bonds is 5. The van der Waals surface area contributed by atoms with Crippen LogP contribution in [0.4, 0.5) is 4.39 Å². The van der Waals surface area contributed by atoms with Crippen molar-refractivity contribution in [3.63, 3.8) is 0 Å². The number of nitrogens with zero attached hydrogens (tertiary/aromatic N) is 3. The molecule has 1 aliphatic rings. The Kier molecular flexibility index (Phi) is 3.94. The maximum absolute atomic E-state index is 13.3. The third-order valence-corrected chi connectivity index (χ3v) is 4.71. The quantitative estimate of drug-likeness (QED) is 0.651. The zero-order chi connectivity index (χ0) is 17.4. The molecule has 4 rings (SSSR count). The van der Waals surface area contributed by atoms with Gasteiger partial charge < -0.3 is 9.47 Å². The van der Waals surface area contributed by atoms with Crippen molar-refractivity contribution in [3.8, 4) is 5.75 Å². The van der Waals surface area contributed by atoms with E-state index in [1.54, 1.807) is 36.3 Å². The SMILES string of the molecule is COc1ccc(C2OC2(Cn2cncn2)c2ccc(F)cc2)c(Cl)c1. The molecule has 2 atom stereocenters. The monoisotopic (exact) mass is 359 g/mol. The molecule has 0 amide bonds. The van der Waals surface area contributed by atoms with Crippen LogP contribution in [0.5, 0.6) is 5.75 Å². The molecule has 1 saturated heterocycles. The average molecular weight is 360 g/mol. The second kappa shape index (κ2) is 6.13. The van der Waals surface area contributed by atoms with Crippen molar-refractivity contribution in [1.29, 1.82) is 0 Å². The molecular weight excluding hydrogens is 345 g/mol. The summed E-state index contributed by atoms with van der Waals surface area (Å²) in [6, 6.07) is 11.8. The van der Waals surface area contributed by atoms with Crippen molar-refractivity contribution in [2.24, 2.45) is 0 Å². The number of methoxy groups -OCH3 is 1. The van der Waals surface area contributed by atoms with Crippen molar-refractivity contribution < 1.29 is 13.9 Å². The first kappa shape index (κ1) is 16.1. The van der Waals surface area contributed by atoms with Gasteiger partial charge in [0.2, 0.25) is 0 Å². The third kappa shape index (κ3) is 2.88. The fraction of sp³-hybridized carbons (Fsp3) is 0.222. The lowest BCUT2D eigenvalue weighted by atomic mass is 9.91. The van der Waals surface area contributed by atoms with Gasteiger partial charge in [-0.3, -0.25) is 0 Å². The minimum absolute atomic E-state index is 0.263. The van der Waals surface area contributed by atoms with E-state index in [0.717, 1.165) is 11.1 Å². The first-order chi connectivity index (χ1) is 12.1. The number of aromatic nitrogens is 3. The fourth-order valence-corrected chi connectivity index (χ4v) is 3.33. The van der Waals surface area contributed by atoms with Crippen LogP contribution in [0.1, 0.15) is 17.2 Å². The molecule has 7 heteroatoms.